The van der Waals surface area contributed by atoms with Crippen LogP contribution in [0.1, 0.15) is 30.1 Å². The molecule has 0 N–H and O–H groups in total. The van der Waals surface area contributed by atoms with E-state index >= 15 is 0 Å². The van der Waals surface area contributed by atoms with Gasteiger partial charge >= 0.3 is 0 Å². The summed E-state index contributed by atoms with van der Waals surface area (Å²) in [5.41, 5.74) is -0.104. The summed E-state index contributed by atoms with van der Waals surface area (Å²) < 4.78 is 0. The lowest BCUT2D eigenvalue weighted by molar-refractivity contribution is -0.385. The van der Waals surface area contributed by atoms with Gasteiger partial charge < -0.3 is 9.69 Å². The second-order valence-electron chi connectivity index (χ2n) is 5.88. The van der Waals surface area contributed by atoms with Gasteiger partial charge in [0.1, 0.15) is 11.3 Å². The molecule has 2 aromatic carbocycles. The monoisotopic (exact) mass is 388 g/mol. The van der Waals surface area contributed by atoms with Crippen molar-refractivity contribution in [3.8, 4) is 0 Å². The summed E-state index contributed by atoms with van der Waals surface area (Å²) in [5.74, 6) is -1.14. The number of benzene rings is 2. The van der Waals surface area contributed by atoms with Crippen LogP contribution in [0.2, 0.25) is 5.02 Å². The Labute approximate surface area is 160 Å². The zero-order valence-corrected chi connectivity index (χ0v) is 15.3. The van der Waals surface area contributed by atoms with Gasteiger partial charge in [-0.2, -0.15) is 0 Å². The van der Waals surface area contributed by atoms with Crippen LogP contribution in [0.25, 0.3) is 0 Å². The molecular formula is C19H17ClN2O5. The maximum absolute atomic E-state index is 13.0. The maximum Gasteiger partial charge on any atom is 0.282 e. The number of para-hydroxylation sites is 1. The summed E-state index contributed by atoms with van der Waals surface area (Å²) in [4.78, 5) is 48.1. The SMILES string of the molecule is CC(=O)CCC(=O)CN(C(=O)c1ccccc1[N+](=O)[O-])c1ccc(Cl)cc1. The number of carbonyl (C=O) groups is 3. The van der Waals surface area contributed by atoms with Crippen LogP contribution in [0.4, 0.5) is 11.4 Å². The van der Waals surface area contributed by atoms with Crippen molar-refractivity contribution in [1.82, 2.24) is 0 Å². The zero-order chi connectivity index (χ0) is 20.0. The molecule has 0 bridgehead atoms. The van der Waals surface area contributed by atoms with E-state index in [1.807, 2.05) is 0 Å². The van der Waals surface area contributed by atoms with Crippen LogP contribution >= 0.6 is 11.6 Å². The Hall–Kier alpha value is -3.06. The third-order valence-electron chi connectivity index (χ3n) is 3.80. The lowest BCUT2D eigenvalue weighted by Crippen LogP contribution is -2.36. The normalized spacial score (nSPS) is 10.3. The number of nitro benzene ring substituents is 1. The number of Topliss-reactive ketones (excluding diaryl/α,β-unsaturated/α-hetero) is 2. The van der Waals surface area contributed by atoms with Gasteiger partial charge in [-0.25, -0.2) is 0 Å². The van der Waals surface area contributed by atoms with E-state index in [0.717, 1.165) is 4.90 Å². The molecule has 7 nitrogen and oxygen atoms in total. The van der Waals surface area contributed by atoms with Gasteiger partial charge in [-0.1, -0.05) is 23.7 Å². The van der Waals surface area contributed by atoms with E-state index in [1.54, 1.807) is 24.3 Å². The molecule has 0 spiro atoms. The van der Waals surface area contributed by atoms with Crippen molar-refractivity contribution in [2.45, 2.75) is 19.8 Å². The van der Waals surface area contributed by atoms with Gasteiger partial charge in [-0.05, 0) is 37.3 Å². The van der Waals surface area contributed by atoms with Crippen LogP contribution in [0, 0.1) is 10.1 Å². The van der Waals surface area contributed by atoms with Crippen molar-refractivity contribution < 1.29 is 19.3 Å². The van der Waals surface area contributed by atoms with Crippen LogP contribution in [0.15, 0.2) is 48.5 Å². The van der Waals surface area contributed by atoms with E-state index in [9.17, 15) is 24.5 Å². The van der Waals surface area contributed by atoms with Crippen LogP contribution < -0.4 is 4.90 Å². The molecule has 0 unspecified atom stereocenters. The Morgan fingerprint density at radius 1 is 1.04 bits per heavy atom. The summed E-state index contributed by atoms with van der Waals surface area (Å²) in [5, 5.41) is 11.7. The molecule has 8 heteroatoms. The lowest BCUT2D eigenvalue weighted by Gasteiger charge is -2.22. The molecule has 2 aromatic rings. The number of amides is 1. The molecule has 0 atom stereocenters. The fourth-order valence-electron chi connectivity index (χ4n) is 2.43. The summed E-state index contributed by atoms with van der Waals surface area (Å²) in [6, 6.07) is 11.7. The molecule has 2 rings (SSSR count). The molecule has 27 heavy (non-hydrogen) atoms. The second-order valence-corrected chi connectivity index (χ2v) is 6.32. The number of anilines is 1. The summed E-state index contributed by atoms with van der Waals surface area (Å²) in [6.45, 7) is 1.07. The van der Waals surface area contributed by atoms with Gasteiger partial charge in [0.15, 0.2) is 5.78 Å². The Kier molecular flexibility index (Phi) is 6.79. The first kappa shape index (κ1) is 20.3. The average molecular weight is 389 g/mol. The van der Waals surface area contributed by atoms with Crippen LogP contribution in [0.3, 0.4) is 0 Å². The molecule has 1 amide bonds. The first-order valence-electron chi connectivity index (χ1n) is 8.11. The molecular weight excluding hydrogens is 372 g/mol. The van der Waals surface area contributed by atoms with Gasteiger partial charge in [0, 0.05) is 29.6 Å². The van der Waals surface area contributed by atoms with E-state index in [4.69, 9.17) is 11.6 Å². The van der Waals surface area contributed by atoms with Gasteiger partial charge in [-0.3, -0.25) is 19.7 Å². The van der Waals surface area contributed by atoms with Crippen molar-refractivity contribution in [2.24, 2.45) is 0 Å². The predicted octanol–water partition coefficient (Wildman–Crippen LogP) is 3.83. The molecule has 0 heterocycles. The first-order chi connectivity index (χ1) is 12.8. The number of halogens is 1. The van der Waals surface area contributed by atoms with Crippen LogP contribution in [0.5, 0.6) is 0 Å². The molecule has 0 fully saturated rings. The molecule has 0 saturated heterocycles. The van der Waals surface area contributed by atoms with Crippen molar-refractivity contribution >= 4 is 40.4 Å². The highest BCUT2D eigenvalue weighted by Gasteiger charge is 2.26. The highest BCUT2D eigenvalue weighted by Crippen LogP contribution is 2.24. The quantitative estimate of drug-likeness (QED) is 0.505. The minimum Gasteiger partial charge on any atom is -0.301 e. The Bertz CT molecular complexity index is 880. The zero-order valence-electron chi connectivity index (χ0n) is 14.6. The number of nitro groups is 1. The van der Waals surface area contributed by atoms with E-state index < -0.39 is 10.8 Å². The molecule has 0 aliphatic carbocycles. The largest absolute Gasteiger partial charge is 0.301 e. The summed E-state index contributed by atoms with van der Waals surface area (Å²) in [7, 11) is 0. The van der Waals surface area contributed by atoms with Crippen LogP contribution in [-0.2, 0) is 9.59 Å². The summed E-state index contributed by atoms with van der Waals surface area (Å²) >= 11 is 5.87. The van der Waals surface area contributed by atoms with Crippen molar-refractivity contribution in [1.29, 1.82) is 0 Å². The van der Waals surface area contributed by atoms with E-state index in [0.29, 0.717) is 10.7 Å². The smallest absolute Gasteiger partial charge is 0.282 e. The van der Waals surface area contributed by atoms with Gasteiger partial charge in [0.05, 0.1) is 11.5 Å². The minimum atomic E-state index is -0.680. The van der Waals surface area contributed by atoms with Gasteiger partial charge in [0.25, 0.3) is 11.6 Å². The first-order valence-corrected chi connectivity index (χ1v) is 8.49. The predicted molar refractivity (Wildman–Crippen MR) is 101 cm³/mol. The molecule has 0 radical (unpaired) electrons. The molecule has 140 valence electrons. The number of carbonyl (C=O) groups excluding carboxylic acids is 3. The van der Waals surface area contributed by atoms with E-state index in [-0.39, 0.29) is 42.2 Å². The molecule has 0 aromatic heterocycles. The Morgan fingerprint density at radius 2 is 1.67 bits per heavy atom. The lowest BCUT2D eigenvalue weighted by atomic mass is 10.1. The third kappa shape index (κ3) is 5.46. The van der Waals surface area contributed by atoms with Crippen LogP contribution in [-0.4, -0.2) is 28.9 Å². The number of nitrogens with zero attached hydrogens (tertiary/aromatic N) is 2. The number of hydrogen-bond acceptors (Lipinski definition) is 5. The standard InChI is InChI=1S/C19H17ClN2O5/c1-13(23)6-11-16(24)12-21(15-9-7-14(20)8-10-15)19(25)17-4-2-3-5-18(17)22(26)27/h2-5,7-10H,6,11-12H2,1H3. The van der Waals surface area contributed by atoms with E-state index in [2.05, 4.69) is 0 Å². The average Bonchev–Trinajstić information content (AvgIpc) is 2.64. The number of hydrogen-bond donors (Lipinski definition) is 0. The van der Waals surface area contributed by atoms with Crippen molar-refractivity contribution in [3.05, 3.63) is 69.2 Å². The number of rotatable bonds is 8. The van der Waals surface area contributed by atoms with Crippen molar-refractivity contribution in [2.75, 3.05) is 11.4 Å². The Balaban J connectivity index is 2.38. The van der Waals surface area contributed by atoms with Gasteiger partial charge in [-0.15, -0.1) is 0 Å². The topological polar surface area (TPSA) is 97.6 Å². The Morgan fingerprint density at radius 3 is 2.26 bits per heavy atom. The fourth-order valence-corrected chi connectivity index (χ4v) is 2.56. The van der Waals surface area contributed by atoms with Gasteiger partial charge in [0.2, 0.25) is 0 Å². The maximum atomic E-state index is 13.0. The van der Waals surface area contributed by atoms with Crippen molar-refractivity contribution in [3.63, 3.8) is 0 Å². The number of ketones is 2. The minimum absolute atomic E-state index is 0.0103. The third-order valence-corrected chi connectivity index (χ3v) is 4.06. The molecule has 0 aliphatic rings. The fraction of sp³-hybridized carbons (Fsp3) is 0.211. The highest BCUT2D eigenvalue weighted by atomic mass is 35.5. The van der Waals surface area contributed by atoms with E-state index in [1.165, 1.54) is 31.2 Å². The molecule has 0 saturated carbocycles. The summed E-state index contributed by atoms with van der Waals surface area (Å²) in [6.07, 6.45) is 0.0660. The highest BCUT2D eigenvalue weighted by molar-refractivity contribution is 6.30. The molecule has 0 aliphatic heterocycles. The second kappa shape index (κ2) is 9.05.